The van der Waals surface area contributed by atoms with Gasteiger partial charge in [-0.05, 0) is 20.3 Å². The minimum Gasteiger partial charge on any atom is -0.726 e. The van der Waals surface area contributed by atoms with Crippen molar-refractivity contribution in [3.63, 3.8) is 0 Å². The Balaban J connectivity index is 0.000000351. The fourth-order valence-electron chi connectivity index (χ4n) is 3.11. The van der Waals surface area contributed by atoms with Crippen molar-refractivity contribution in [3.05, 3.63) is 0 Å². The van der Waals surface area contributed by atoms with Gasteiger partial charge in [0.05, 0.1) is 32.9 Å². The molecule has 2 saturated heterocycles. The summed E-state index contributed by atoms with van der Waals surface area (Å²) in [5, 5.41) is 0. The number of ether oxygens (including phenoxy) is 1. The van der Waals surface area contributed by atoms with Crippen molar-refractivity contribution in [1.82, 2.24) is 4.90 Å². The van der Waals surface area contributed by atoms with E-state index in [0.717, 1.165) is 58.7 Å². The van der Waals surface area contributed by atoms with Gasteiger partial charge in [0.15, 0.2) is 0 Å². The van der Waals surface area contributed by atoms with E-state index in [1.807, 2.05) is 4.90 Å². The molecule has 9 heteroatoms. The normalized spacial score (nSPS) is 20.6. The highest BCUT2D eigenvalue weighted by atomic mass is 32.3. The molecule has 0 unspecified atom stereocenters. The Bertz CT molecular complexity index is 476. The summed E-state index contributed by atoms with van der Waals surface area (Å²) in [5.74, 6) is 0.357. The van der Waals surface area contributed by atoms with E-state index in [2.05, 4.69) is 11.1 Å². The van der Waals surface area contributed by atoms with Crippen LogP contribution in [0, 0.1) is 0 Å². The van der Waals surface area contributed by atoms with Crippen LogP contribution in [0.5, 0.6) is 0 Å². The Hall–Kier alpha value is -0.740. The van der Waals surface area contributed by atoms with Crippen LogP contribution in [0.3, 0.4) is 0 Å². The molecule has 2 aliphatic rings. The number of carbonyl (C=O) groups excluding carboxylic acids is 1. The number of rotatable bonds is 7. The van der Waals surface area contributed by atoms with Gasteiger partial charge >= 0.3 is 0 Å². The third-order valence-corrected chi connectivity index (χ3v) is 5.11. The molecule has 142 valence electrons. The molecule has 0 atom stereocenters. The predicted molar refractivity (Wildman–Crippen MR) is 88.0 cm³/mol. The molecule has 0 N–H and O–H groups in total. The van der Waals surface area contributed by atoms with Crippen LogP contribution in [0.4, 0.5) is 0 Å². The molecule has 0 aromatic rings. The van der Waals surface area contributed by atoms with Gasteiger partial charge in [-0.3, -0.25) is 8.98 Å². The van der Waals surface area contributed by atoms with Crippen molar-refractivity contribution >= 4 is 16.3 Å². The second kappa shape index (κ2) is 10.3. The summed E-state index contributed by atoms with van der Waals surface area (Å²) >= 11 is 0. The van der Waals surface area contributed by atoms with Gasteiger partial charge < -0.3 is 18.7 Å². The smallest absolute Gasteiger partial charge is 0.222 e. The van der Waals surface area contributed by atoms with Crippen LogP contribution in [0.1, 0.15) is 33.1 Å². The standard InChI is InChI=1S/C13H25N2O2.C2H6O4S/c1-2-15(9-11-17-12-10-15)8-4-7-14-6-3-5-13(14)16;1-2-6-7(3,4)5/h2-12H2,1H3;2H2,1H3,(H,3,4,5)/q+1;/p-1. The molecular formula is C15H30N2O6S. The summed E-state index contributed by atoms with van der Waals surface area (Å²) in [6.07, 6.45) is 2.96. The zero-order valence-corrected chi connectivity index (χ0v) is 15.6. The molecule has 1 amide bonds. The van der Waals surface area contributed by atoms with Gasteiger partial charge in [-0.1, -0.05) is 0 Å². The number of likely N-dealkylation sites (N-methyl/N-ethyl adjacent to an activating group) is 1. The van der Waals surface area contributed by atoms with Crippen LogP contribution in [-0.2, 0) is 24.1 Å². The summed E-state index contributed by atoms with van der Waals surface area (Å²) in [6.45, 7) is 12.0. The molecule has 8 nitrogen and oxygen atoms in total. The van der Waals surface area contributed by atoms with Crippen molar-refractivity contribution < 1.29 is 31.2 Å². The molecule has 0 aromatic heterocycles. The minimum atomic E-state index is -4.42. The van der Waals surface area contributed by atoms with E-state index < -0.39 is 10.4 Å². The van der Waals surface area contributed by atoms with Crippen molar-refractivity contribution in [2.24, 2.45) is 0 Å². The number of quaternary nitrogens is 1. The van der Waals surface area contributed by atoms with E-state index in [-0.39, 0.29) is 6.61 Å². The number of morpholine rings is 1. The molecule has 2 rings (SSSR count). The molecular weight excluding hydrogens is 336 g/mol. The first-order valence-electron chi connectivity index (χ1n) is 8.63. The molecule has 2 fully saturated rings. The molecule has 0 aromatic carbocycles. The van der Waals surface area contributed by atoms with Crippen molar-refractivity contribution in [1.29, 1.82) is 0 Å². The molecule has 0 saturated carbocycles. The maximum absolute atomic E-state index is 11.5. The van der Waals surface area contributed by atoms with Gasteiger partial charge in [0.2, 0.25) is 16.3 Å². The van der Waals surface area contributed by atoms with Crippen molar-refractivity contribution in [2.45, 2.75) is 33.1 Å². The number of carbonyl (C=O) groups is 1. The second-order valence-corrected chi connectivity index (χ2v) is 7.15. The number of hydrogen-bond acceptors (Lipinski definition) is 6. The highest BCUT2D eigenvalue weighted by Gasteiger charge is 2.28. The lowest BCUT2D eigenvalue weighted by Crippen LogP contribution is -2.55. The topological polar surface area (TPSA) is 96.0 Å². The first kappa shape index (κ1) is 21.3. The maximum Gasteiger partial charge on any atom is 0.222 e. The zero-order chi connectivity index (χ0) is 18.1. The Labute approximate surface area is 145 Å². The molecule has 0 aliphatic carbocycles. The van der Waals surface area contributed by atoms with Gasteiger partial charge in [-0.2, -0.15) is 0 Å². The van der Waals surface area contributed by atoms with E-state index in [9.17, 15) is 17.8 Å². The third kappa shape index (κ3) is 7.89. The van der Waals surface area contributed by atoms with Gasteiger partial charge in [0.1, 0.15) is 13.1 Å². The van der Waals surface area contributed by atoms with E-state index in [0.29, 0.717) is 5.91 Å². The Kier molecular flexibility index (Phi) is 9.14. The predicted octanol–water partition coefficient (Wildman–Crippen LogP) is 0.349. The molecule has 0 radical (unpaired) electrons. The summed E-state index contributed by atoms with van der Waals surface area (Å²) in [7, 11) is -4.42. The fourth-order valence-corrected chi connectivity index (χ4v) is 3.40. The first-order chi connectivity index (χ1) is 11.3. The van der Waals surface area contributed by atoms with Crippen LogP contribution >= 0.6 is 0 Å². The third-order valence-electron chi connectivity index (χ3n) is 4.58. The summed E-state index contributed by atoms with van der Waals surface area (Å²) < 4.78 is 38.6. The molecule has 24 heavy (non-hydrogen) atoms. The Morgan fingerprint density at radius 1 is 1.29 bits per heavy atom. The van der Waals surface area contributed by atoms with E-state index in [1.165, 1.54) is 24.5 Å². The van der Waals surface area contributed by atoms with Crippen LogP contribution in [0.15, 0.2) is 0 Å². The zero-order valence-electron chi connectivity index (χ0n) is 14.7. The number of hydrogen-bond donors (Lipinski definition) is 0. The lowest BCUT2D eigenvalue weighted by Gasteiger charge is -2.40. The fraction of sp³-hybridized carbons (Fsp3) is 0.933. The highest BCUT2D eigenvalue weighted by molar-refractivity contribution is 7.80. The Morgan fingerprint density at radius 3 is 2.38 bits per heavy atom. The van der Waals surface area contributed by atoms with Crippen molar-refractivity contribution in [3.8, 4) is 0 Å². The number of likely N-dealkylation sites (tertiary alicyclic amines) is 1. The highest BCUT2D eigenvalue weighted by Crippen LogP contribution is 2.14. The van der Waals surface area contributed by atoms with Gasteiger partial charge in [0.25, 0.3) is 0 Å². The van der Waals surface area contributed by atoms with Gasteiger partial charge in [-0.25, -0.2) is 8.42 Å². The van der Waals surface area contributed by atoms with Crippen LogP contribution in [0.25, 0.3) is 0 Å². The lowest BCUT2D eigenvalue weighted by molar-refractivity contribution is -0.933. The van der Waals surface area contributed by atoms with Crippen molar-refractivity contribution in [2.75, 3.05) is 59.1 Å². The monoisotopic (exact) mass is 366 g/mol. The SMILES string of the molecule is CCOS(=O)(=O)[O-].CC[N+]1(CCCN2CCCC2=O)CCOCC1. The molecule has 2 heterocycles. The van der Waals surface area contributed by atoms with Crippen LogP contribution in [0.2, 0.25) is 0 Å². The average Bonchev–Trinajstić information content (AvgIpc) is 2.93. The van der Waals surface area contributed by atoms with E-state index in [4.69, 9.17) is 4.74 Å². The second-order valence-electron chi connectivity index (χ2n) is 6.09. The van der Waals surface area contributed by atoms with Crippen LogP contribution in [-0.4, -0.2) is 87.3 Å². The minimum absolute atomic E-state index is 0.0914. The summed E-state index contributed by atoms with van der Waals surface area (Å²) in [4.78, 5) is 13.5. The van der Waals surface area contributed by atoms with Gasteiger partial charge in [-0.15, -0.1) is 0 Å². The lowest BCUT2D eigenvalue weighted by atomic mass is 10.2. The first-order valence-corrected chi connectivity index (χ1v) is 9.96. The maximum atomic E-state index is 11.5. The molecule has 0 bridgehead atoms. The average molecular weight is 366 g/mol. The molecule has 2 aliphatic heterocycles. The Morgan fingerprint density at radius 2 is 1.96 bits per heavy atom. The number of amides is 1. The summed E-state index contributed by atoms with van der Waals surface area (Å²) in [5.41, 5.74) is 0. The van der Waals surface area contributed by atoms with Gasteiger partial charge in [0, 0.05) is 25.9 Å². The van der Waals surface area contributed by atoms with E-state index in [1.54, 1.807) is 0 Å². The van der Waals surface area contributed by atoms with E-state index >= 15 is 0 Å². The quantitative estimate of drug-likeness (QED) is 0.366. The van der Waals surface area contributed by atoms with Crippen LogP contribution < -0.4 is 0 Å². The number of nitrogens with zero attached hydrogens (tertiary/aromatic N) is 2. The summed E-state index contributed by atoms with van der Waals surface area (Å²) in [6, 6.07) is 0. The molecule has 0 spiro atoms. The largest absolute Gasteiger partial charge is 0.726 e.